The fraction of sp³-hybridized carbons (Fsp3) is 0.292. The lowest BCUT2D eigenvalue weighted by Crippen LogP contribution is -2.39. The minimum absolute atomic E-state index is 0.215. The molecule has 0 atom stereocenters. The molecule has 32 heavy (non-hydrogen) atoms. The average molecular weight is 434 g/mol. The van der Waals surface area contributed by atoms with Gasteiger partial charge in [0, 0.05) is 24.2 Å². The fourth-order valence-electron chi connectivity index (χ4n) is 3.82. The van der Waals surface area contributed by atoms with Gasteiger partial charge in [0.15, 0.2) is 5.69 Å². The number of carbonyl (C=O) groups is 2. The van der Waals surface area contributed by atoms with E-state index in [9.17, 15) is 9.59 Å². The number of aryl methyl sites for hydroxylation is 1. The van der Waals surface area contributed by atoms with Gasteiger partial charge in [-0.25, -0.2) is 14.3 Å². The van der Waals surface area contributed by atoms with Crippen LogP contribution in [0.4, 0.5) is 10.5 Å². The van der Waals surface area contributed by atoms with Gasteiger partial charge < -0.3 is 19.7 Å². The Labute approximate surface area is 186 Å². The molecule has 0 fully saturated rings. The molecule has 2 aromatic carbocycles. The first-order valence-corrected chi connectivity index (χ1v) is 10.5. The van der Waals surface area contributed by atoms with Gasteiger partial charge in [0.25, 0.3) is 0 Å². The monoisotopic (exact) mass is 434 g/mol. The number of benzene rings is 2. The van der Waals surface area contributed by atoms with Crippen molar-refractivity contribution >= 4 is 17.7 Å². The van der Waals surface area contributed by atoms with Crippen LogP contribution < -0.4 is 10.1 Å². The Kier molecular flexibility index (Phi) is 6.11. The van der Waals surface area contributed by atoms with Crippen molar-refractivity contribution in [2.24, 2.45) is 0 Å². The van der Waals surface area contributed by atoms with Crippen molar-refractivity contribution in [1.29, 1.82) is 0 Å². The summed E-state index contributed by atoms with van der Waals surface area (Å²) in [6.45, 7) is 4.76. The number of aromatic nitrogens is 2. The average Bonchev–Trinajstić information content (AvgIpc) is 3.18. The van der Waals surface area contributed by atoms with Gasteiger partial charge in [0.2, 0.25) is 0 Å². The summed E-state index contributed by atoms with van der Waals surface area (Å²) in [5, 5.41) is 7.51. The highest BCUT2D eigenvalue weighted by molar-refractivity contribution is 5.91. The minimum Gasteiger partial charge on any atom is -0.497 e. The van der Waals surface area contributed by atoms with Crippen LogP contribution in [0.3, 0.4) is 0 Å². The minimum atomic E-state index is -0.489. The maximum Gasteiger partial charge on any atom is 0.359 e. The van der Waals surface area contributed by atoms with E-state index in [0.29, 0.717) is 18.5 Å². The number of anilines is 1. The zero-order chi connectivity index (χ0) is 22.7. The van der Waals surface area contributed by atoms with Crippen LogP contribution in [-0.2, 0) is 17.7 Å². The molecule has 0 aliphatic carbocycles. The van der Waals surface area contributed by atoms with Crippen molar-refractivity contribution in [1.82, 2.24) is 14.7 Å². The maximum atomic E-state index is 12.9. The topological polar surface area (TPSA) is 85.7 Å². The lowest BCUT2D eigenvalue weighted by atomic mass is 10.0. The molecule has 2 heterocycles. The number of ether oxygens (including phenoxy) is 2. The largest absolute Gasteiger partial charge is 0.497 e. The molecule has 4 rings (SSSR count). The Morgan fingerprint density at radius 2 is 1.94 bits per heavy atom. The summed E-state index contributed by atoms with van der Waals surface area (Å²) < 4.78 is 12.2. The summed E-state index contributed by atoms with van der Waals surface area (Å²) in [7, 11) is 1.61. The molecule has 0 saturated carbocycles. The molecular weight excluding hydrogens is 408 g/mol. The van der Waals surface area contributed by atoms with E-state index in [1.807, 2.05) is 55.5 Å². The van der Waals surface area contributed by atoms with Crippen molar-refractivity contribution in [3.05, 3.63) is 71.0 Å². The predicted molar refractivity (Wildman–Crippen MR) is 120 cm³/mol. The first-order valence-electron chi connectivity index (χ1n) is 10.5. The van der Waals surface area contributed by atoms with Crippen LogP contribution in [0, 0.1) is 6.92 Å². The second-order valence-corrected chi connectivity index (χ2v) is 7.58. The van der Waals surface area contributed by atoms with E-state index in [-0.39, 0.29) is 24.9 Å². The molecule has 0 saturated heterocycles. The summed E-state index contributed by atoms with van der Waals surface area (Å²) in [5.41, 5.74) is 4.47. The number of nitrogens with one attached hydrogen (secondary N) is 1. The standard InChI is InChI=1S/C24H26N4O4/c1-4-32-23(29)22-20-15-27(24(30)25-17-7-5-6-16(2)14-17)13-12-21(20)28(26-22)18-8-10-19(31-3)11-9-18/h5-11,14H,4,12-13,15H2,1-3H3,(H,25,30). The summed E-state index contributed by atoms with van der Waals surface area (Å²) in [4.78, 5) is 27.2. The number of hydrogen-bond donors (Lipinski definition) is 1. The molecule has 0 bridgehead atoms. The highest BCUT2D eigenvalue weighted by Gasteiger charge is 2.31. The number of urea groups is 1. The van der Waals surface area contributed by atoms with Gasteiger partial charge in [-0.2, -0.15) is 5.10 Å². The van der Waals surface area contributed by atoms with Crippen LogP contribution in [0.25, 0.3) is 5.69 Å². The van der Waals surface area contributed by atoms with E-state index < -0.39 is 5.97 Å². The van der Waals surface area contributed by atoms with Crippen LogP contribution in [-0.4, -0.2) is 46.9 Å². The van der Waals surface area contributed by atoms with E-state index >= 15 is 0 Å². The van der Waals surface area contributed by atoms with E-state index in [4.69, 9.17) is 9.47 Å². The summed E-state index contributed by atoms with van der Waals surface area (Å²) >= 11 is 0. The van der Waals surface area contributed by atoms with Crippen LogP contribution in [0.2, 0.25) is 0 Å². The fourth-order valence-corrected chi connectivity index (χ4v) is 3.82. The molecule has 1 aliphatic rings. The molecule has 8 heteroatoms. The molecule has 0 spiro atoms. The molecule has 166 valence electrons. The van der Waals surface area contributed by atoms with Crippen molar-refractivity contribution in [3.63, 3.8) is 0 Å². The van der Waals surface area contributed by atoms with Crippen molar-refractivity contribution < 1.29 is 19.1 Å². The van der Waals surface area contributed by atoms with Crippen molar-refractivity contribution in [2.45, 2.75) is 26.8 Å². The molecule has 1 N–H and O–H groups in total. The lowest BCUT2D eigenvalue weighted by molar-refractivity contribution is 0.0516. The second-order valence-electron chi connectivity index (χ2n) is 7.58. The molecule has 0 unspecified atom stereocenters. The third kappa shape index (κ3) is 4.30. The Balaban J connectivity index is 1.64. The van der Waals surface area contributed by atoms with Gasteiger partial charge >= 0.3 is 12.0 Å². The third-order valence-electron chi connectivity index (χ3n) is 5.40. The van der Waals surface area contributed by atoms with Gasteiger partial charge in [0.1, 0.15) is 5.75 Å². The van der Waals surface area contributed by atoms with Gasteiger partial charge in [-0.1, -0.05) is 12.1 Å². The first kappa shape index (κ1) is 21.4. The maximum absolute atomic E-state index is 12.9. The smallest absolute Gasteiger partial charge is 0.359 e. The summed E-state index contributed by atoms with van der Waals surface area (Å²) in [6, 6.07) is 14.9. The van der Waals surface area contributed by atoms with E-state index in [0.717, 1.165) is 28.4 Å². The van der Waals surface area contributed by atoms with Gasteiger partial charge in [-0.15, -0.1) is 0 Å². The van der Waals surface area contributed by atoms with Crippen molar-refractivity contribution in [2.75, 3.05) is 25.6 Å². The summed E-state index contributed by atoms with van der Waals surface area (Å²) in [5.74, 6) is 0.247. The van der Waals surface area contributed by atoms with E-state index in [2.05, 4.69) is 10.4 Å². The number of rotatable bonds is 5. The van der Waals surface area contributed by atoms with Crippen LogP contribution in [0.1, 0.15) is 34.2 Å². The Morgan fingerprint density at radius 1 is 1.16 bits per heavy atom. The van der Waals surface area contributed by atoms with Gasteiger partial charge in [0.05, 0.1) is 31.6 Å². The number of hydrogen-bond acceptors (Lipinski definition) is 5. The van der Waals surface area contributed by atoms with Crippen molar-refractivity contribution in [3.8, 4) is 11.4 Å². The van der Waals surface area contributed by atoms with Gasteiger partial charge in [-0.05, 0) is 55.8 Å². The normalized spacial score (nSPS) is 12.8. The highest BCUT2D eigenvalue weighted by Crippen LogP contribution is 2.27. The molecule has 0 radical (unpaired) electrons. The number of esters is 1. The Hall–Kier alpha value is -3.81. The predicted octanol–water partition coefficient (Wildman–Crippen LogP) is 3.96. The van der Waals surface area contributed by atoms with Crippen LogP contribution in [0.5, 0.6) is 5.75 Å². The first-order chi connectivity index (χ1) is 15.5. The number of amides is 2. The molecular formula is C24H26N4O4. The second kappa shape index (κ2) is 9.13. The zero-order valence-electron chi connectivity index (χ0n) is 18.4. The molecule has 3 aromatic rings. The third-order valence-corrected chi connectivity index (χ3v) is 5.40. The lowest BCUT2D eigenvalue weighted by Gasteiger charge is -2.28. The zero-order valence-corrected chi connectivity index (χ0v) is 18.4. The van der Waals surface area contributed by atoms with E-state index in [1.165, 1.54) is 0 Å². The molecule has 1 aliphatic heterocycles. The highest BCUT2D eigenvalue weighted by atomic mass is 16.5. The Morgan fingerprint density at radius 3 is 2.62 bits per heavy atom. The molecule has 2 amide bonds. The number of methoxy groups -OCH3 is 1. The van der Waals surface area contributed by atoms with Crippen LogP contribution in [0.15, 0.2) is 48.5 Å². The van der Waals surface area contributed by atoms with E-state index in [1.54, 1.807) is 23.6 Å². The molecule has 8 nitrogen and oxygen atoms in total. The number of fused-ring (bicyclic) bond motifs is 1. The van der Waals surface area contributed by atoms with Gasteiger partial charge in [-0.3, -0.25) is 0 Å². The Bertz CT molecular complexity index is 1140. The van der Waals surface area contributed by atoms with Crippen LogP contribution >= 0.6 is 0 Å². The number of carbonyl (C=O) groups excluding carboxylic acids is 2. The molecule has 1 aromatic heterocycles. The quantitative estimate of drug-likeness (QED) is 0.615. The SMILES string of the molecule is CCOC(=O)c1nn(-c2ccc(OC)cc2)c2c1CN(C(=O)Nc1cccc(C)c1)CC2. The summed E-state index contributed by atoms with van der Waals surface area (Å²) in [6.07, 6.45) is 0.564. The number of nitrogens with zero attached hydrogens (tertiary/aromatic N) is 3.